The smallest absolute Gasteiger partial charge is 0.370 e. The van der Waals surface area contributed by atoms with E-state index in [1.165, 1.54) is 32.1 Å². The van der Waals surface area contributed by atoms with E-state index in [1.54, 1.807) is 0 Å². The fourth-order valence-electron chi connectivity index (χ4n) is 1.90. The van der Waals surface area contributed by atoms with Crippen LogP contribution in [0, 0.1) is 0 Å². The monoisotopic (exact) mass is 262 g/mol. The van der Waals surface area contributed by atoms with Gasteiger partial charge in [0.05, 0.1) is 0 Å². The van der Waals surface area contributed by atoms with Gasteiger partial charge >= 0.3 is 11.8 Å². The Morgan fingerprint density at radius 3 is 1.94 bits per heavy atom. The van der Waals surface area contributed by atoms with Crippen LogP contribution in [0.5, 0.6) is 0 Å². The average Bonchev–Trinajstić information content (AvgIpc) is 2.83. The lowest BCUT2D eigenvalue weighted by molar-refractivity contribution is -0.532. The summed E-state index contributed by atoms with van der Waals surface area (Å²) in [5.74, 6) is -3.02. The molecule has 0 aromatic heterocycles. The van der Waals surface area contributed by atoms with E-state index in [2.05, 4.69) is 26.8 Å². The summed E-state index contributed by atoms with van der Waals surface area (Å²) in [6.07, 6.45) is 9.22. The second kappa shape index (κ2) is 8.42. The van der Waals surface area contributed by atoms with E-state index in [9.17, 15) is 4.79 Å². The van der Waals surface area contributed by atoms with Crippen molar-refractivity contribution in [3.8, 4) is 0 Å². The molecule has 1 N–H and O–H groups in total. The van der Waals surface area contributed by atoms with Gasteiger partial charge in [-0.2, -0.15) is 9.78 Å². The van der Waals surface area contributed by atoms with Crippen molar-refractivity contribution >= 4 is 5.97 Å². The number of carbonyl (C=O) groups is 1. The highest BCUT2D eigenvalue weighted by atomic mass is 17.7. The molecule has 1 aliphatic rings. The topological polar surface area (TPSA) is 74.2 Å². The fraction of sp³-hybridized carbons (Fsp3) is 0.917. The molecule has 0 spiro atoms. The van der Waals surface area contributed by atoms with E-state index >= 15 is 0 Å². The molecular formula is C12H22O6. The van der Waals surface area contributed by atoms with Crippen LogP contribution in [0.1, 0.15) is 64.7 Å². The molecule has 106 valence electrons. The molecule has 1 rings (SSSR count). The molecule has 6 nitrogen and oxygen atoms in total. The SMILES string of the molecule is CCCCCCCCCCC1(C(=O)O)OOOO1. The summed E-state index contributed by atoms with van der Waals surface area (Å²) in [7, 11) is 0. The van der Waals surface area contributed by atoms with Crippen molar-refractivity contribution in [3.63, 3.8) is 0 Å². The average molecular weight is 262 g/mol. The number of hydrogen-bond acceptors (Lipinski definition) is 5. The van der Waals surface area contributed by atoms with Gasteiger partial charge in [0.2, 0.25) is 0 Å². The summed E-state index contributed by atoms with van der Waals surface area (Å²) in [5, 5.41) is 17.0. The number of aliphatic carboxylic acids is 1. The zero-order valence-electron chi connectivity index (χ0n) is 10.9. The van der Waals surface area contributed by atoms with Crippen molar-refractivity contribution in [2.75, 3.05) is 0 Å². The molecule has 1 saturated heterocycles. The molecule has 0 radical (unpaired) electrons. The molecule has 0 aromatic carbocycles. The van der Waals surface area contributed by atoms with Crippen molar-refractivity contribution in [1.29, 1.82) is 0 Å². The maximum absolute atomic E-state index is 11.0. The third-order valence-electron chi connectivity index (χ3n) is 3.05. The minimum atomic E-state index is -1.79. The lowest BCUT2D eigenvalue weighted by Crippen LogP contribution is -2.39. The van der Waals surface area contributed by atoms with Gasteiger partial charge in [0.1, 0.15) is 0 Å². The van der Waals surface area contributed by atoms with Crippen LogP contribution in [0.4, 0.5) is 0 Å². The van der Waals surface area contributed by atoms with Gasteiger partial charge in [-0.15, -0.1) is 0 Å². The molecule has 0 saturated carbocycles. The molecule has 0 amide bonds. The number of unbranched alkanes of at least 4 members (excludes halogenated alkanes) is 7. The first kappa shape index (κ1) is 15.4. The Kier molecular flexibility index (Phi) is 7.19. The number of carboxylic acids is 1. The number of carboxylic acid groups (broad SMARTS) is 1. The van der Waals surface area contributed by atoms with E-state index in [-0.39, 0.29) is 6.42 Å². The van der Waals surface area contributed by atoms with Gasteiger partial charge in [-0.25, -0.2) is 4.79 Å². The summed E-state index contributed by atoms with van der Waals surface area (Å²) in [6.45, 7) is 2.19. The van der Waals surface area contributed by atoms with Crippen molar-refractivity contribution in [3.05, 3.63) is 0 Å². The Labute approximate surface area is 107 Å². The highest BCUT2D eigenvalue weighted by molar-refractivity contribution is 5.75. The van der Waals surface area contributed by atoms with Crippen LogP contribution in [0.2, 0.25) is 0 Å². The first-order chi connectivity index (χ1) is 8.71. The van der Waals surface area contributed by atoms with Gasteiger partial charge < -0.3 is 5.11 Å². The number of rotatable bonds is 10. The minimum absolute atomic E-state index is 0.220. The van der Waals surface area contributed by atoms with Gasteiger partial charge in [-0.05, 0) is 16.5 Å². The summed E-state index contributed by atoms with van der Waals surface area (Å²) in [5.41, 5.74) is 0. The summed E-state index contributed by atoms with van der Waals surface area (Å²) in [4.78, 5) is 20.0. The Morgan fingerprint density at radius 2 is 1.44 bits per heavy atom. The quantitative estimate of drug-likeness (QED) is 0.481. The van der Waals surface area contributed by atoms with E-state index in [0.29, 0.717) is 6.42 Å². The van der Waals surface area contributed by atoms with Crippen LogP contribution in [-0.2, 0) is 24.6 Å². The predicted octanol–water partition coefficient (Wildman–Crippen LogP) is 3.12. The molecule has 18 heavy (non-hydrogen) atoms. The van der Waals surface area contributed by atoms with Crippen molar-refractivity contribution in [2.24, 2.45) is 0 Å². The molecule has 0 bridgehead atoms. The Hall–Kier alpha value is -0.690. The molecule has 0 atom stereocenters. The third kappa shape index (κ3) is 4.89. The standard InChI is InChI=1S/C12H22O6/c1-2-3-4-5-6-7-8-9-10-12(11(13)14)15-17-18-16-12/h2-10H2,1H3,(H,13,14). The highest BCUT2D eigenvalue weighted by Gasteiger charge is 2.49. The maximum Gasteiger partial charge on any atom is 0.370 e. The fourth-order valence-corrected chi connectivity index (χ4v) is 1.90. The Bertz CT molecular complexity index is 237. The van der Waals surface area contributed by atoms with Crippen LogP contribution in [0.15, 0.2) is 0 Å². The van der Waals surface area contributed by atoms with Gasteiger partial charge in [-0.1, -0.05) is 51.9 Å². The van der Waals surface area contributed by atoms with Gasteiger partial charge in [-0.3, -0.25) is 0 Å². The number of hydrogen-bond donors (Lipinski definition) is 1. The lowest BCUT2D eigenvalue weighted by atomic mass is 10.0. The minimum Gasteiger partial charge on any atom is -0.477 e. The summed E-state index contributed by atoms with van der Waals surface area (Å²) < 4.78 is 0. The highest BCUT2D eigenvalue weighted by Crippen LogP contribution is 2.28. The van der Waals surface area contributed by atoms with Crippen molar-refractivity contribution < 1.29 is 29.8 Å². The van der Waals surface area contributed by atoms with Crippen LogP contribution in [0.3, 0.4) is 0 Å². The second-order valence-corrected chi connectivity index (χ2v) is 4.59. The molecule has 1 heterocycles. The summed E-state index contributed by atoms with van der Waals surface area (Å²) in [6, 6.07) is 0. The van der Waals surface area contributed by atoms with Crippen molar-refractivity contribution in [2.45, 2.75) is 70.5 Å². The molecule has 0 unspecified atom stereocenters. The largest absolute Gasteiger partial charge is 0.477 e. The third-order valence-corrected chi connectivity index (χ3v) is 3.05. The van der Waals surface area contributed by atoms with Gasteiger partial charge in [0.25, 0.3) is 0 Å². The van der Waals surface area contributed by atoms with E-state index < -0.39 is 11.8 Å². The van der Waals surface area contributed by atoms with E-state index in [0.717, 1.165) is 12.8 Å². The predicted molar refractivity (Wildman–Crippen MR) is 61.9 cm³/mol. The molecule has 1 fully saturated rings. The first-order valence-corrected chi connectivity index (χ1v) is 6.65. The molecule has 0 aliphatic carbocycles. The maximum atomic E-state index is 11.0. The van der Waals surface area contributed by atoms with Crippen molar-refractivity contribution in [1.82, 2.24) is 0 Å². The Morgan fingerprint density at radius 1 is 0.944 bits per heavy atom. The Balaban J connectivity index is 2.04. The van der Waals surface area contributed by atoms with Crippen LogP contribution < -0.4 is 0 Å². The van der Waals surface area contributed by atoms with Crippen LogP contribution >= 0.6 is 0 Å². The molecular weight excluding hydrogens is 240 g/mol. The van der Waals surface area contributed by atoms with Gasteiger partial charge in [0.15, 0.2) is 0 Å². The first-order valence-electron chi connectivity index (χ1n) is 6.65. The second-order valence-electron chi connectivity index (χ2n) is 4.59. The molecule has 0 aromatic rings. The lowest BCUT2D eigenvalue weighted by Gasteiger charge is -2.15. The zero-order chi connectivity index (χ0) is 13.3. The zero-order valence-corrected chi connectivity index (χ0v) is 10.9. The molecule has 1 aliphatic heterocycles. The van der Waals surface area contributed by atoms with E-state index in [4.69, 9.17) is 5.11 Å². The van der Waals surface area contributed by atoms with Gasteiger partial charge in [0, 0.05) is 6.42 Å². The normalized spacial score (nSPS) is 18.1. The van der Waals surface area contributed by atoms with Crippen LogP contribution in [-0.4, -0.2) is 16.9 Å². The molecule has 6 heteroatoms. The summed E-state index contributed by atoms with van der Waals surface area (Å²) >= 11 is 0. The van der Waals surface area contributed by atoms with E-state index in [1.807, 2.05) is 0 Å². The van der Waals surface area contributed by atoms with Crippen LogP contribution in [0.25, 0.3) is 0 Å².